The Bertz CT molecular complexity index is 422. The summed E-state index contributed by atoms with van der Waals surface area (Å²) in [6, 6.07) is 7.49. The molecule has 1 N–H and O–H groups in total. The Balaban J connectivity index is 2.23. The number of benzene rings is 1. The molecule has 0 heterocycles. The number of ether oxygens (including phenoxy) is 2. The fraction of sp³-hybridized carbons (Fsp3) is 0.333. The van der Waals surface area contributed by atoms with Crippen molar-refractivity contribution in [3.05, 3.63) is 34.3 Å². The number of methoxy groups -OCH3 is 1. The highest BCUT2D eigenvalue weighted by Crippen LogP contribution is 2.12. The summed E-state index contributed by atoms with van der Waals surface area (Å²) in [4.78, 5) is 22.1. The van der Waals surface area contributed by atoms with Gasteiger partial charge < -0.3 is 9.47 Å². The largest absolute Gasteiger partial charge is 0.468 e. The smallest absolute Gasteiger partial charge is 0.320 e. The Labute approximate surface area is 114 Å². The number of rotatable bonds is 6. The zero-order chi connectivity index (χ0) is 13.4. The van der Waals surface area contributed by atoms with Crippen molar-refractivity contribution in [3.63, 3.8) is 0 Å². The molecule has 0 radical (unpaired) electrons. The number of nitrogens with one attached hydrogen (secondary N) is 1. The molecule has 0 spiro atoms. The maximum absolute atomic E-state index is 11.3. The molecule has 0 aliphatic carbocycles. The first-order chi connectivity index (χ1) is 8.61. The molecular formula is C12H14BrNO4. The van der Waals surface area contributed by atoms with Gasteiger partial charge in [0.25, 0.3) is 0 Å². The van der Waals surface area contributed by atoms with Crippen molar-refractivity contribution < 1.29 is 19.1 Å². The van der Waals surface area contributed by atoms with Crippen molar-refractivity contribution in [2.45, 2.75) is 6.61 Å². The third-order valence-electron chi connectivity index (χ3n) is 2.06. The molecule has 18 heavy (non-hydrogen) atoms. The predicted molar refractivity (Wildman–Crippen MR) is 68.8 cm³/mol. The van der Waals surface area contributed by atoms with E-state index in [0.717, 1.165) is 10.0 Å². The van der Waals surface area contributed by atoms with Crippen molar-refractivity contribution in [1.82, 2.24) is 5.32 Å². The number of carbonyl (C=O) groups is 2. The summed E-state index contributed by atoms with van der Waals surface area (Å²) >= 11 is 3.33. The van der Waals surface area contributed by atoms with Crippen LogP contribution in [-0.2, 0) is 25.7 Å². The Morgan fingerprint density at radius 1 is 1.28 bits per heavy atom. The summed E-state index contributed by atoms with van der Waals surface area (Å²) in [6.07, 6.45) is 0. The molecular weight excluding hydrogens is 302 g/mol. The lowest BCUT2D eigenvalue weighted by Gasteiger charge is -2.06. The van der Waals surface area contributed by atoms with Gasteiger partial charge in [0.2, 0.25) is 0 Å². The van der Waals surface area contributed by atoms with E-state index in [4.69, 9.17) is 4.74 Å². The van der Waals surface area contributed by atoms with Crippen LogP contribution in [0, 0.1) is 0 Å². The Kier molecular flexibility index (Phi) is 6.38. The molecule has 0 atom stereocenters. The number of carbonyl (C=O) groups excluding carboxylic acids is 2. The maximum atomic E-state index is 11.3. The summed E-state index contributed by atoms with van der Waals surface area (Å²) < 4.78 is 10.4. The van der Waals surface area contributed by atoms with Crippen LogP contribution in [0.1, 0.15) is 5.56 Å². The van der Waals surface area contributed by atoms with Crippen LogP contribution in [0.25, 0.3) is 0 Å². The van der Waals surface area contributed by atoms with E-state index in [1.165, 1.54) is 7.11 Å². The maximum Gasteiger partial charge on any atom is 0.320 e. The van der Waals surface area contributed by atoms with Crippen LogP contribution in [0.15, 0.2) is 28.7 Å². The fourth-order valence-corrected chi connectivity index (χ4v) is 1.63. The molecule has 1 aromatic rings. The van der Waals surface area contributed by atoms with Crippen molar-refractivity contribution in [2.75, 3.05) is 20.2 Å². The van der Waals surface area contributed by atoms with Crippen LogP contribution >= 0.6 is 15.9 Å². The second-order valence-corrected chi connectivity index (χ2v) is 4.39. The third-order valence-corrected chi connectivity index (χ3v) is 2.55. The molecule has 0 fully saturated rings. The van der Waals surface area contributed by atoms with Crippen LogP contribution in [-0.4, -0.2) is 32.1 Å². The van der Waals surface area contributed by atoms with E-state index in [9.17, 15) is 9.59 Å². The molecule has 1 rings (SSSR count). The van der Waals surface area contributed by atoms with Gasteiger partial charge in [-0.3, -0.25) is 14.9 Å². The van der Waals surface area contributed by atoms with Gasteiger partial charge in [0.1, 0.15) is 6.61 Å². The first-order valence-electron chi connectivity index (χ1n) is 5.29. The van der Waals surface area contributed by atoms with Crippen LogP contribution in [0.4, 0.5) is 0 Å². The first kappa shape index (κ1) is 14.7. The van der Waals surface area contributed by atoms with Gasteiger partial charge in [-0.25, -0.2) is 0 Å². The summed E-state index contributed by atoms with van der Waals surface area (Å²) in [5, 5.41) is 2.63. The van der Waals surface area contributed by atoms with Crippen LogP contribution < -0.4 is 5.32 Å². The Morgan fingerprint density at radius 2 is 2.00 bits per heavy atom. The number of halogens is 1. The standard InChI is InChI=1S/C12H14BrNO4/c1-17-11(15)6-14-7-12(16)18-8-9-3-2-4-10(13)5-9/h2-5,14H,6-8H2,1H3. The molecule has 98 valence electrons. The third kappa shape index (κ3) is 5.79. The highest BCUT2D eigenvalue weighted by atomic mass is 79.9. The molecule has 0 aliphatic heterocycles. The Morgan fingerprint density at radius 3 is 2.67 bits per heavy atom. The van der Waals surface area contributed by atoms with E-state index in [-0.39, 0.29) is 19.7 Å². The average molecular weight is 316 g/mol. The van der Waals surface area contributed by atoms with Gasteiger partial charge in [0, 0.05) is 4.47 Å². The van der Waals surface area contributed by atoms with Crippen LogP contribution in [0.2, 0.25) is 0 Å². The molecule has 6 heteroatoms. The highest BCUT2D eigenvalue weighted by molar-refractivity contribution is 9.10. The number of esters is 2. The molecule has 1 aromatic carbocycles. The fourth-order valence-electron chi connectivity index (χ4n) is 1.18. The molecule has 5 nitrogen and oxygen atoms in total. The van der Waals surface area contributed by atoms with E-state index in [2.05, 4.69) is 26.0 Å². The molecule has 0 saturated heterocycles. The first-order valence-corrected chi connectivity index (χ1v) is 6.08. The van der Waals surface area contributed by atoms with Gasteiger partial charge in [-0.1, -0.05) is 28.1 Å². The van der Waals surface area contributed by atoms with Crippen molar-refractivity contribution in [2.24, 2.45) is 0 Å². The summed E-state index contributed by atoms with van der Waals surface area (Å²) in [5.74, 6) is -0.839. The monoisotopic (exact) mass is 315 g/mol. The van der Waals surface area contributed by atoms with E-state index < -0.39 is 11.9 Å². The SMILES string of the molecule is COC(=O)CNCC(=O)OCc1cccc(Br)c1. The minimum absolute atomic E-state index is 0.0114. The molecule has 0 unspecified atom stereocenters. The predicted octanol–water partition coefficient (Wildman–Crippen LogP) is 1.25. The zero-order valence-electron chi connectivity index (χ0n) is 9.94. The average Bonchev–Trinajstić information content (AvgIpc) is 2.36. The van der Waals surface area contributed by atoms with Crippen LogP contribution in [0.3, 0.4) is 0 Å². The van der Waals surface area contributed by atoms with Gasteiger partial charge in [-0.2, -0.15) is 0 Å². The second kappa shape index (κ2) is 7.84. The Hall–Kier alpha value is -1.40. The molecule has 0 saturated carbocycles. The van der Waals surface area contributed by atoms with E-state index in [1.807, 2.05) is 24.3 Å². The van der Waals surface area contributed by atoms with Crippen molar-refractivity contribution >= 4 is 27.9 Å². The lowest BCUT2D eigenvalue weighted by Crippen LogP contribution is -2.30. The normalized spacial score (nSPS) is 9.89. The van der Waals surface area contributed by atoms with Gasteiger partial charge in [-0.05, 0) is 17.7 Å². The zero-order valence-corrected chi connectivity index (χ0v) is 11.5. The van der Waals surface area contributed by atoms with Gasteiger partial charge >= 0.3 is 11.9 Å². The number of hydrogen-bond acceptors (Lipinski definition) is 5. The van der Waals surface area contributed by atoms with Crippen molar-refractivity contribution in [3.8, 4) is 0 Å². The van der Waals surface area contributed by atoms with Crippen molar-refractivity contribution in [1.29, 1.82) is 0 Å². The van der Waals surface area contributed by atoms with Gasteiger partial charge in [0.05, 0.1) is 20.2 Å². The molecule has 0 amide bonds. The van der Waals surface area contributed by atoms with Gasteiger partial charge in [0.15, 0.2) is 0 Å². The number of hydrogen-bond donors (Lipinski definition) is 1. The van der Waals surface area contributed by atoms with E-state index >= 15 is 0 Å². The molecule has 0 aromatic heterocycles. The molecule has 0 aliphatic rings. The lowest BCUT2D eigenvalue weighted by molar-refractivity contribution is -0.144. The lowest BCUT2D eigenvalue weighted by atomic mass is 10.2. The van der Waals surface area contributed by atoms with E-state index in [0.29, 0.717) is 0 Å². The minimum atomic E-state index is -0.421. The summed E-state index contributed by atoms with van der Waals surface area (Å²) in [7, 11) is 1.29. The van der Waals surface area contributed by atoms with Crippen LogP contribution in [0.5, 0.6) is 0 Å². The quantitative estimate of drug-likeness (QED) is 0.801. The summed E-state index contributed by atoms with van der Waals surface area (Å²) in [6.45, 7) is 0.170. The van der Waals surface area contributed by atoms with Gasteiger partial charge in [-0.15, -0.1) is 0 Å². The molecule has 0 bridgehead atoms. The highest BCUT2D eigenvalue weighted by Gasteiger charge is 2.05. The minimum Gasteiger partial charge on any atom is -0.468 e. The topological polar surface area (TPSA) is 64.6 Å². The summed E-state index contributed by atoms with van der Waals surface area (Å²) in [5.41, 5.74) is 0.894. The van der Waals surface area contributed by atoms with E-state index in [1.54, 1.807) is 0 Å². The second-order valence-electron chi connectivity index (χ2n) is 3.47.